The van der Waals surface area contributed by atoms with Gasteiger partial charge < -0.3 is 10.6 Å². The van der Waals surface area contributed by atoms with Gasteiger partial charge in [-0.15, -0.1) is 0 Å². The van der Waals surface area contributed by atoms with Crippen LogP contribution in [0.3, 0.4) is 0 Å². The summed E-state index contributed by atoms with van der Waals surface area (Å²) in [5.74, 6) is -2.34. The van der Waals surface area contributed by atoms with Crippen LogP contribution in [0.15, 0.2) is 53.0 Å². The summed E-state index contributed by atoms with van der Waals surface area (Å²) in [7, 11) is 0. The summed E-state index contributed by atoms with van der Waals surface area (Å²) in [6.07, 6.45) is -4.83. The predicted octanol–water partition coefficient (Wildman–Crippen LogP) is 3.81. The zero-order valence-electron chi connectivity index (χ0n) is 12.9. The summed E-state index contributed by atoms with van der Waals surface area (Å²) in [5.41, 5.74) is 1.52. The van der Waals surface area contributed by atoms with Crippen LogP contribution in [-0.4, -0.2) is 18.0 Å². The first-order chi connectivity index (χ1) is 11.8. The summed E-state index contributed by atoms with van der Waals surface area (Å²) in [6.45, 7) is -0.342. The minimum absolute atomic E-state index is 0.114. The minimum atomic E-state index is -4.95. The first-order valence-corrected chi connectivity index (χ1v) is 8.02. The SMILES string of the molecule is O=C(Cc1cccc(Br)c1)Nc1ccccc1CNC(=O)C(F)(F)F. The second-order valence-corrected chi connectivity index (χ2v) is 6.11. The minimum Gasteiger partial charge on any atom is -0.344 e. The highest BCUT2D eigenvalue weighted by Crippen LogP contribution is 2.18. The van der Waals surface area contributed by atoms with Crippen molar-refractivity contribution in [3.8, 4) is 0 Å². The van der Waals surface area contributed by atoms with Crippen molar-refractivity contribution in [3.63, 3.8) is 0 Å². The van der Waals surface area contributed by atoms with E-state index in [0.29, 0.717) is 11.3 Å². The molecule has 0 spiro atoms. The maximum absolute atomic E-state index is 12.3. The number of para-hydroxylation sites is 1. The topological polar surface area (TPSA) is 58.2 Å². The number of carbonyl (C=O) groups excluding carboxylic acids is 2. The van der Waals surface area contributed by atoms with E-state index in [9.17, 15) is 22.8 Å². The van der Waals surface area contributed by atoms with Gasteiger partial charge in [-0.05, 0) is 29.3 Å². The van der Waals surface area contributed by atoms with Crippen LogP contribution in [0.4, 0.5) is 18.9 Å². The Bertz CT molecular complexity index is 778. The molecule has 0 saturated heterocycles. The average molecular weight is 415 g/mol. The van der Waals surface area contributed by atoms with E-state index in [1.54, 1.807) is 41.7 Å². The molecule has 0 unspecified atom stereocenters. The van der Waals surface area contributed by atoms with Gasteiger partial charge in [-0.3, -0.25) is 9.59 Å². The molecule has 25 heavy (non-hydrogen) atoms. The third-order valence-corrected chi connectivity index (χ3v) is 3.74. The Balaban J connectivity index is 2.02. The molecule has 2 N–H and O–H groups in total. The van der Waals surface area contributed by atoms with Crippen molar-refractivity contribution in [1.82, 2.24) is 5.32 Å². The van der Waals surface area contributed by atoms with Crippen molar-refractivity contribution >= 4 is 33.4 Å². The quantitative estimate of drug-likeness (QED) is 0.781. The molecule has 0 aliphatic rings. The molecule has 2 rings (SSSR count). The second-order valence-electron chi connectivity index (χ2n) is 5.19. The first-order valence-electron chi connectivity index (χ1n) is 7.23. The molecule has 4 nitrogen and oxygen atoms in total. The van der Waals surface area contributed by atoms with Crippen LogP contribution in [0.2, 0.25) is 0 Å². The van der Waals surface area contributed by atoms with E-state index in [-0.39, 0.29) is 18.9 Å². The number of amides is 2. The van der Waals surface area contributed by atoms with Crippen molar-refractivity contribution in [3.05, 3.63) is 64.1 Å². The van der Waals surface area contributed by atoms with Gasteiger partial charge in [-0.2, -0.15) is 13.2 Å². The highest BCUT2D eigenvalue weighted by atomic mass is 79.9. The van der Waals surface area contributed by atoms with Crippen LogP contribution in [0.25, 0.3) is 0 Å². The standard InChI is InChI=1S/C17H14BrF3N2O2/c18-13-6-3-4-11(8-13)9-15(24)23-14-7-2-1-5-12(14)10-22-16(25)17(19,20)21/h1-8H,9-10H2,(H,22,25)(H,23,24). The van der Waals surface area contributed by atoms with Gasteiger partial charge in [-0.25, -0.2) is 0 Å². The number of halogens is 4. The lowest BCUT2D eigenvalue weighted by atomic mass is 10.1. The lowest BCUT2D eigenvalue weighted by Crippen LogP contribution is -2.36. The molecule has 8 heteroatoms. The number of hydrogen-bond acceptors (Lipinski definition) is 2. The Morgan fingerprint density at radius 3 is 2.44 bits per heavy atom. The number of benzene rings is 2. The third kappa shape index (κ3) is 5.90. The summed E-state index contributed by atoms with van der Waals surface area (Å²) in [6, 6.07) is 13.6. The van der Waals surface area contributed by atoms with Gasteiger partial charge >= 0.3 is 12.1 Å². The van der Waals surface area contributed by atoms with Gasteiger partial charge in [0.1, 0.15) is 0 Å². The van der Waals surface area contributed by atoms with E-state index >= 15 is 0 Å². The van der Waals surface area contributed by atoms with Crippen molar-refractivity contribution in [2.45, 2.75) is 19.1 Å². The summed E-state index contributed by atoms with van der Waals surface area (Å²) in [5, 5.41) is 4.44. The zero-order valence-corrected chi connectivity index (χ0v) is 14.4. The van der Waals surface area contributed by atoms with Gasteiger partial charge in [0, 0.05) is 16.7 Å². The van der Waals surface area contributed by atoms with Crippen LogP contribution in [0.5, 0.6) is 0 Å². The molecule has 2 aromatic rings. The smallest absolute Gasteiger partial charge is 0.344 e. The fourth-order valence-electron chi connectivity index (χ4n) is 2.10. The largest absolute Gasteiger partial charge is 0.471 e. The fourth-order valence-corrected chi connectivity index (χ4v) is 2.55. The molecule has 0 radical (unpaired) electrons. The van der Waals surface area contributed by atoms with Crippen LogP contribution in [0, 0.1) is 0 Å². The van der Waals surface area contributed by atoms with Gasteiger partial charge in [-0.1, -0.05) is 46.3 Å². The number of hydrogen-bond donors (Lipinski definition) is 2. The molecule has 0 aliphatic carbocycles. The lowest BCUT2D eigenvalue weighted by molar-refractivity contribution is -0.173. The average Bonchev–Trinajstić information content (AvgIpc) is 2.52. The maximum atomic E-state index is 12.3. The summed E-state index contributed by atoms with van der Waals surface area (Å²) < 4.78 is 37.6. The van der Waals surface area contributed by atoms with Crippen LogP contribution in [0.1, 0.15) is 11.1 Å². The molecule has 0 heterocycles. The Kier molecular flexibility index (Phi) is 6.19. The van der Waals surface area contributed by atoms with Crippen LogP contribution < -0.4 is 10.6 Å². The highest BCUT2D eigenvalue weighted by molar-refractivity contribution is 9.10. The molecular formula is C17H14BrF3N2O2. The Morgan fingerprint density at radius 1 is 1.04 bits per heavy atom. The van der Waals surface area contributed by atoms with Gasteiger partial charge in [0.25, 0.3) is 0 Å². The van der Waals surface area contributed by atoms with Crippen molar-refractivity contribution in [2.24, 2.45) is 0 Å². The summed E-state index contributed by atoms with van der Waals surface area (Å²) >= 11 is 3.32. The Morgan fingerprint density at radius 2 is 1.76 bits per heavy atom. The van der Waals surface area contributed by atoms with E-state index in [0.717, 1.165) is 10.0 Å². The van der Waals surface area contributed by atoms with E-state index in [1.165, 1.54) is 6.07 Å². The predicted molar refractivity (Wildman–Crippen MR) is 90.8 cm³/mol. The molecule has 0 aromatic heterocycles. The number of carbonyl (C=O) groups is 2. The second kappa shape index (κ2) is 8.15. The maximum Gasteiger partial charge on any atom is 0.471 e. The van der Waals surface area contributed by atoms with Crippen molar-refractivity contribution in [1.29, 1.82) is 0 Å². The van der Waals surface area contributed by atoms with Crippen LogP contribution in [-0.2, 0) is 22.6 Å². The van der Waals surface area contributed by atoms with E-state index < -0.39 is 12.1 Å². The zero-order chi connectivity index (χ0) is 18.4. The number of anilines is 1. The molecule has 2 amide bonds. The van der Waals surface area contributed by atoms with Crippen LogP contribution >= 0.6 is 15.9 Å². The Hall–Kier alpha value is -2.35. The number of alkyl halides is 3. The number of rotatable bonds is 5. The van der Waals surface area contributed by atoms with E-state index in [4.69, 9.17) is 0 Å². The van der Waals surface area contributed by atoms with E-state index in [1.807, 2.05) is 6.07 Å². The molecule has 0 bridgehead atoms. The van der Waals surface area contributed by atoms with Gasteiger partial charge in [0.05, 0.1) is 6.42 Å². The molecule has 0 aliphatic heterocycles. The fraction of sp³-hybridized carbons (Fsp3) is 0.176. The summed E-state index contributed by atoms with van der Waals surface area (Å²) in [4.78, 5) is 23.1. The molecule has 0 fully saturated rings. The monoisotopic (exact) mass is 414 g/mol. The highest BCUT2D eigenvalue weighted by Gasteiger charge is 2.38. The first kappa shape index (κ1) is 19.0. The normalized spacial score (nSPS) is 11.0. The molecule has 0 saturated carbocycles. The van der Waals surface area contributed by atoms with Gasteiger partial charge in [0.15, 0.2) is 0 Å². The molecule has 2 aromatic carbocycles. The van der Waals surface area contributed by atoms with Crippen molar-refractivity contribution in [2.75, 3.05) is 5.32 Å². The lowest BCUT2D eigenvalue weighted by Gasteiger charge is -2.13. The molecular weight excluding hydrogens is 401 g/mol. The molecule has 0 atom stereocenters. The van der Waals surface area contributed by atoms with Gasteiger partial charge in [0.2, 0.25) is 5.91 Å². The number of nitrogens with one attached hydrogen (secondary N) is 2. The van der Waals surface area contributed by atoms with Crippen molar-refractivity contribution < 1.29 is 22.8 Å². The Labute approximate surface area is 150 Å². The van der Waals surface area contributed by atoms with E-state index in [2.05, 4.69) is 21.2 Å². The molecule has 132 valence electrons. The third-order valence-electron chi connectivity index (χ3n) is 3.24.